The highest BCUT2D eigenvalue weighted by Gasteiger charge is 2.19. The minimum Gasteiger partial charge on any atom is -0.453 e. The Morgan fingerprint density at radius 3 is 2.23 bits per heavy atom. The van der Waals surface area contributed by atoms with E-state index in [-0.39, 0.29) is 0 Å². The van der Waals surface area contributed by atoms with Crippen LogP contribution < -0.4 is 10.1 Å². The van der Waals surface area contributed by atoms with Gasteiger partial charge in [-0.1, -0.05) is 48.5 Å². The van der Waals surface area contributed by atoms with Crippen LogP contribution in [0.2, 0.25) is 0 Å². The Labute approximate surface area is 151 Å². The summed E-state index contributed by atoms with van der Waals surface area (Å²) >= 11 is 0. The topological polar surface area (TPSA) is 47.0 Å². The minimum absolute atomic E-state index is 0.726. The molecule has 0 aliphatic carbocycles. The van der Waals surface area contributed by atoms with Gasteiger partial charge in [-0.2, -0.15) is 0 Å². The highest BCUT2D eigenvalue weighted by Crippen LogP contribution is 2.46. The molecule has 4 heteroatoms. The van der Waals surface area contributed by atoms with E-state index >= 15 is 0 Å². The van der Waals surface area contributed by atoms with Crippen LogP contribution in [0.3, 0.4) is 0 Å². The van der Waals surface area contributed by atoms with Crippen molar-refractivity contribution in [1.29, 1.82) is 0 Å². The van der Waals surface area contributed by atoms with Crippen LogP contribution in [0, 0.1) is 0 Å². The predicted molar refractivity (Wildman–Crippen MR) is 103 cm³/mol. The van der Waals surface area contributed by atoms with E-state index in [1.54, 1.807) is 12.4 Å². The summed E-state index contributed by atoms with van der Waals surface area (Å²) < 4.78 is 6.05. The third-order valence-electron chi connectivity index (χ3n) is 4.41. The SMILES string of the molecule is c1cnc(-c2ccc(-c3cccc4c3Nc3ccccc3O4)cc2)nc1. The number of ether oxygens (including phenoxy) is 1. The van der Waals surface area contributed by atoms with Gasteiger partial charge in [-0.3, -0.25) is 0 Å². The molecule has 0 fully saturated rings. The number of fused-ring (bicyclic) bond motifs is 2. The van der Waals surface area contributed by atoms with Crippen molar-refractivity contribution < 1.29 is 4.74 Å². The van der Waals surface area contributed by atoms with Gasteiger partial charge in [0.15, 0.2) is 17.3 Å². The third-order valence-corrected chi connectivity index (χ3v) is 4.41. The maximum Gasteiger partial charge on any atom is 0.159 e. The molecule has 3 aromatic carbocycles. The number of aromatic nitrogens is 2. The molecule has 0 amide bonds. The van der Waals surface area contributed by atoms with E-state index in [0.29, 0.717) is 0 Å². The number of anilines is 2. The molecule has 0 radical (unpaired) electrons. The van der Waals surface area contributed by atoms with Crippen LogP contribution in [0.25, 0.3) is 22.5 Å². The van der Waals surface area contributed by atoms with Gasteiger partial charge in [0.25, 0.3) is 0 Å². The highest BCUT2D eigenvalue weighted by molar-refractivity contribution is 5.88. The average molecular weight is 337 g/mol. The summed E-state index contributed by atoms with van der Waals surface area (Å²) in [4.78, 5) is 8.61. The fourth-order valence-electron chi connectivity index (χ4n) is 3.14. The van der Waals surface area contributed by atoms with Crippen LogP contribution in [-0.4, -0.2) is 9.97 Å². The lowest BCUT2D eigenvalue weighted by Gasteiger charge is -2.24. The van der Waals surface area contributed by atoms with E-state index in [1.807, 2.05) is 54.6 Å². The van der Waals surface area contributed by atoms with Crippen LogP contribution >= 0.6 is 0 Å². The van der Waals surface area contributed by atoms with Crippen molar-refractivity contribution in [3.63, 3.8) is 0 Å². The molecule has 0 saturated carbocycles. The lowest BCUT2D eigenvalue weighted by atomic mass is 10.0. The Balaban J connectivity index is 1.54. The Morgan fingerprint density at radius 1 is 0.654 bits per heavy atom. The summed E-state index contributed by atoms with van der Waals surface area (Å²) in [7, 11) is 0. The second kappa shape index (κ2) is 6.01. The first-order chi connectivity index (χ1) is 12.9. The lowest BCUT2D eigenvalue weighted by molar-refractivity contribution is 0.481. The van der Waals surface area contributed by atoms with Gasteiger partial charge in [0.05, 0.1) is 11.4 Å². The number of hydrogen-bond donors (Lipinski definition) is 1. The van der Waals surface area contributed by atoms with Gasteiger partial charge in [-0.15, -0.1) is 0 Å². The van der Waals surface area contributed by atoms with Crippen LogP contribution in [-0.2, 0) is 0 Å². The molecule has 0 atom stereocenters. The number of para-hydroxylation sites is 3. The maximum absolute atomic E-state index is 6.05. The molecule has 1 aliphatic heterocycles. The fourth-order valence-corrected chi connectivity index (χ4v) is 3.14. The molecule has 2 heterocycles. The zero-order valence-corrected chi connectivity index (χ0v) is 13.9. The molecular weight excluding hydrogens is 322 g/mol. The van der Waals surface area contributed by atoms with Crippen molar-refractivity contribution in [2.75, 3.05) is 5.32 Å². The number of hydrogen-bond acceptors (Lipinski definition) is 4. The average Bonchev–Trinajstić information content (AvgIpc) is 2.72. The first kappa shape index (κ1) is 14.7. The van der Waals surface area contributed by atoms with Gasteiger partial charge in [0.1, 0.15) is 0 Å². The Morgan fingerprint density at radius 2 is 1.38 bits per heavy atom. The smallest absolute Gasteiger partial charge is 0.159 e. The van der Waals surface area contributed by atoms with Crippen LogP contribution in [0.15, 0.2) is 85.2 Å². The summed E-state index contributed by atoms with van der Waals surface area (Å²) in [5, 5.41) is 3.50. The second-order valence-electron chi connectivity index (χ2n) is 6.05. The lowest BCUT2D eigenvalue weighted by Crippen LogP contribution is -2.03. The van der Waals surface area contributed by atoms with Crippen LogP contribution in [0.1, 0.15) is 0 Å². The molecule has 0 bridgehead atoms. The molecule has 5 rings (SSSR count). The Kier molecular flexibility index (Phi) is 3.39. The Bertz CT molecular complexity index is 1080. The summed E-state index contributed by atoms with van der Waals surface area (Å²) in [6.07, 6.45) is 3.51. The first-order valence-corrected chi connectivity index (χ1v) is 8.43. The van der Waals surface area contributed by atoms with Crippen molar-refractivity contribution in [3.8, 4) is 34.0 Å². The summed E-state index contributed by atoms with van der Waals surface area (Å²) in [5.41, 5.74) is 5.15. The van der Waals surface area contributed by atoms with Crippen molar-refractivity contribution in [2.45, 2.75) is 0 Å². The van der Waals surface area contributed by atoms with E-state index in [9.17, 15) is 0 Å². The predicted octanol–water partition coefficient (Wildman–Crippen LogP) is 5.66. The maximum atomic E-state index is 6.05. The molecule has 0 unspecified atom stereocenters. The summed E-state index contributed by atoms with van der Waals surface area (Å²) in [5.74, 6) is 2.40. The van der Waals surface area contributed by atoms with Gasteiger partial charge in [0, 0.05) is 23.5 Å². The zero-order chi connectivity index (χ0) is 17.3. The largest absolute Gasteiger partial charge is 0.453 e. The number of benzene rings is 3. The number of nitrogens with one attached hydrogen (secondary N) is 1. The fraction of sp³-hybridized carbons (Fsp3) is 0. The standard InChI is InChI=1S/C22H15N3O/c1-2-7-19-18(6-1)25-21-17(5-3-8-20(21)26-19)15-9-11-16(12-10-15)22-23-13-4-14-24-22/h1-14,25H. The molecule has 1 N–H and O–H groups in total. The molecule has 4 nitrogen and oxygen atoms in total. The van der Waals surface area contributed by atoms with E-state index in [0.717, 1.165) is 45.4 Å². The van der Waals surface area contributed by atoms with Gasteiger partial charge in [0.2, 0.25) is 0 Å². The third kappa shape index (κ3) is 2.48. The normalized spacial score (nSPS) is 11.7. The van der Waals surface area contributed by atoms with Crippen LogP contribution in [0.5, 0.6) is 11.5 Å². The summed E-state index contributed by atoms with van der Waals surface area (Å²) in [6.45, 7) is 0. The van der Waals surface area contributed by atoms with Gasteiger partial charge in [-0.05, 0) is 29.8 Å². The quantitative estimate of drug-likeness (QED) is 0.451. The molecule has 1 aromatic heterocycles. The van der Waals surface area contributed by atoms with Gasteiger partial charge >= 0.3 is 0 Å². The van der Waals surface area contributed by atoms with Crippen LogP contribution in [0.4, 0.5) is 11.4 Å². The van der Waals surface area contributed by atoms with E-state index in [2.05, 4.69) is 33.5 Å². The second-order valence-corrected chi connectivity index (χ2v) is 6.05. The van der Waals surface area contributed by atoms with Gasteiger partial charge in [-0.25, -0.2) is 9.97 Å². The zero-order valence-electron chi connectivity index (χ0n) is 13.9. The van der Waals surface area contributed by atoms with E-state index in [1.165, 1.54) is 0 Å². The minimum atomic E-state index is 0.726. The molecule has 124 valence electrons. The molecule has 0 spiro atoms. The van der Waals surface area contributed by atoms with Crippen molar-refractivity contribution >= 4 is 11.4 Å². The molecule has 0 saturated heterocycles. The molecule has 4 aromatic rings. The summed E-state index contributed by atoms with van der Waals surface area (Å²) in [6, 6.07) is 24.1. The van der Waals surface area contributed by atoms with E-state index < -0.39 is 0 Å². The Hall–Kier alpha value is -3.66. The van der Waals surface area contributed by atoms with Crippen molar-refractivity contribution in [3.05, 3.63) is 85.2 Å². The number of nitrogens with zero attached hydrogens (tertiary/aromatic N) is 2. The highest BCUT2D eigenvalue weighted by atomic mass is 16.5. The first-order valence-electron chi connectivity index (χ1n) is 8.43. The molecule has 1 aliphatic rings. The molecular formula is C22H15N3O. The van der Waals surface area contributed by atoms with Crippen molar-refractivity contribution in [2.24, 2.45) is 0 Å². The van der Waals surface area contributed by atoms with Crippen molar-refractivity contribution in [1.82, 2.24) is 9.97 Å². The van der Waals surface area contributed by atoms with Gasteiger partial charge < -0.3 is 10.1 Å². The number of rotatable bonds is 2. The monoisotopic (exact) mass is 337 g/mol. The molecule has 26 heavy (non-hydrogen) atoms. The van der Waals surface area contributed by atoms with E-state index in [4.69, 9.17) is 4.74 Å².